The van der Waals surface area contributed by atoms with Gasteiger partial charge in [-0.05, 0) is 25.0 Å². The highest BCUT2D eigenvalue weighted by Crippen LogP contribution is 2.36. The minimum atomic E-state index is -4.07. The maximum absolute atomic E-state index is 11.0. The first kappa shape index (κ1) is 19.7. The molecule has 1 aliphatic rings. The Hall–Kier alpha value is -3.20. The Labute approximate surface area is 175 Å². The maximum atomic E-state index is 11.0. The van der Waals surface area contributed by atoms with Crippen molar-refractivity contribution in [2.45, 2.75) is 25.0 Å². The van der Waals surface area contributed by atoms with E-state index in [-0.39, 0.29) is 12.6 Å². The lowest BCUT2D eigenvalue weighted by Crippen LogP contribution is -2.24. The number of nitrogens with two attached hydrogens (primary N) is 1. The van der Waals surface area contributed by atoms with Gasteiger partial charge < -0.3 is 10.4 Å². The van der Waals surface area contributed by atoms with Gasteiger partial charge in [0.25, 0.3) is 0 Å². The van der Waals surface area contributed by atoms with Gasteiger partial charge in [0.1, 0.15) is 6.33 Å². The van der Waals surface area contributed by atoms with Crippen LogP contribution in [0.4, 0.5) is 11.6 Å². The smallest absolute Gasteiger partial charge is 0.333 e. The zero-order valence-corrected chi connectivity index (χ0v) is 16.9. The fraction of sp³-hybridized carbons (Fsp3) is 0.353. The second kappa shape index (κ2) is 7.49. The molecule has 0 aliphatic heterocycles. The van der Waals surface area contributed by atoms with Crippen molar-refractivity contribution in [1.29, 1.82) is 0 Å². The summed E-state index contributed by atoms with van der Waals surface area (Å²) in [6, 6.07) is 7.44. The number of rotatable bonds is 6. The SMILES string of the molecule is NS(=O)(=O)OC[C@@H]1C[C@@H](n2nnc3c(Nc4n[nH]c5ccccc45)ncnc32)C[C@@H]1O. The van der Waals surface area contributed by atoms with Crippen LogP contribution in [-0.2, 0) is 14.5 Å². The summed E-state index contributed by atoms with van der Waals surface area (Å²) in [6.45, 7) is -0.197. The van der Waals surface area contributed by atoms with Gasteiger partial charge in [0.2, 0.25) is 0 Å². The van der Waals surface area contributed by atoms with Crippen LogP contribution >= 0.6 is 0 Å². The van der Waals surface area contributed by atoms with Gasteiger partial charge in [0.05, 0.1) is 24.3 Å². The molecule has 5 rings (SSSR count). The highest BCUT2D eigenvalue weighted by atomic mass is 32.2. The van der Waals surface area contributed by atoms with Crippen molar-refractivity contribution in [3.8, 4) is 0 Å². The third-order valence-corrected chi connectivity index (χ3v) is 5.86. The molecule has 1 aliphatic carbocycles. The Balaban J connectivity index is 1.41. The summed E-state index contributed by atoms with van der Waals surface area (Å²) in [5.74, 6) is 0.639. The fourth-order valence-corrected chi connectivity index (χ4v) is 4.27. The number of aliphatic hydroxyl groups excluding tert-OH is 1. The van der Waals surface area contributed by atoms with E-state index in [2.05, 4.69) is 40.0 Å². The lowest BCUT2D eigenvalue weighted by molar-refractivity contribution is 0.100. The number of hydrogen-bond donors (Lipinski definition) is 4. The molecule has 0 radical (unpaired) electrons. The molecule has 4 aromatic rings. The van der Waals surface area contributed by atoms with Gasteiger partial charge in [-0.2, -0.15) is 13.5 Å². The quantitative estimate of drug-likeness (QED) is 0.323. The summed E-state index contributed by atoms with van der Waals surface area (Å²) in [4.78, 5) is 8.58. The van der Waals surface area contributed by atoms with Crippen molar-refractivity contribution < 1.29 is 17.7 Å². The number of para-hydroxylation sites is 1. The molecule has 13 nitrogen and oxygen atoms in total. The largest absolute Gasteiger partial charge is 0.393 e. The first-order chi connectivity index (χ1) is 14.9. The monoisotopic (exact) mass is 445 g/mol. The van der Waals surface area contributed by atoms with E-state index < -0.39 is 22.3 Å². The van der Waals surface area contributed by atoms with Crippen LogP contribution in [-0.4, -0.2) is 61.4 Å². The van der Waals surface area contributed by atoms with Gasteiger partial charge >= 0.3 is 10.3 Å². The highest BCUT2D eigenvalue weighted by molar-refractivity contribution is 7.84. The van der Waals surface area contributed by atoms with E-state index in [9.17, 15) is 13.5 Å². The number of aliphatic hydroxyl groups is 1. The number of benzene rings is 1. The van der Waals surface area contributed by atoms with Crippen LogP contribution in [0.3, 0.4) is 0 Å². The molecule has 14 heteroatoms. The van der Waals surface area contributed by atoms with Crippen LogP contribution < -0.4 is 10.5 Å². The van der Waals surface area contributed by atoms with Crippen molar-refractivity contribution >= 4 is 44.0 Å². The molecule has 3 aromatic heterocycles. The Morgan fingerprint density at radius 1 is 1.26 bits per heavy atom. The number of H-pyrrole nitrogens is 1. The molecule has 5 N–H and O–H groups in total. The maximum Gasteiger partial charge on any atom is 0.333 e. The number of aromatic nitrogens is 7. The average Bonchev–Trinajstić information content (AvgIpc) is 3.43. The molecule has 0 spiro atoms. The van der Waals surface area contributed by atoms with E-state index in [1.807, 2.05) is 24.3 Å². The predicted molar refractivity (Wildman–Crippen MR) is 109 cm³/mol. The Kier molecular flexibility index (Phi) is 4.77. The molecule has 0 unspecified atom stereocenters. The fourth-order valence-electron chi connectivity index (χ4n) is 3.91. The summed E-state index contributed by atoms with van der Waals surface area (Å²) < 4.78 is 28.4. The van der Waals surface area contributed by atoms with Crippen molar-refractivity contribution in [1.82, 2.24) is 35.2 Å². The predicted octanol–water partition coefficient (Wildman–Crippen LogP) is 0.373. The van der Waals surface area contributed by atoms with Gasteiger partial charge in [-0.15, -0.1) is 5.10 Å². The minimum Gasteiger partial charge on any atom is -0.393 e. The van der Waals surface area contributed by atoms with Gasteiger partial charge in [0.15, 0.2) is 22.8 Å². The number of anilines is 2. The summed E-state index contributed by atoms with van der Waals surface area (Å²) in [5.41, 5.74) is 1.82. The van der Waals surface area contributed by atoms with Crippen molar-refractivity contribution in [2.75, 3.05) is 11.9 Å². The van der Waals surface area contributed by atoms with Crippen molar-refractivity contribution in [2.24, 2.45) is 11.1 Å². The first-order valence-corrected chi connectivity index (χ1v) is 11.0. The summed E-state index contributed by atoms with van der Waals surface area (Å²) in [5, 5.41) is 34.9. The number of hydrogen-bond acceptors (Lipinski definition) is 10. The van der Waals surface area contributed by atoms with Gasteiger partial charge in [-0.25, -0.2) is 19.8 Å². The van der Waals surface area contributed by atoms with E-state index in [4.69, 9.17) is 5.14 Å². The van der Waals surface area contributed by atoms with Crippen molar-refractivity contribution in [3.63, 3.8) is 0 Å². The molecule has 162 valence electrons. The normalized spacial score (nSPS) is 21.8. The molecule has 0 amide bonds. The molecular weight excluding hydrogens is 426 g/mol. The summed E-state index contributed by atoms with van der Waals surface area (Å²) in [6.07, 6.45) is 1.42. The standard InChI is InChI=1S/C17H19N9O4S/c18-31(28,29)30-7-9-5-10(6-13(9)27)26-17-14(23-25-26)16(19-8-20-17)21-15-11-3-1-2-4-12(11)22-24-15/h1-4,8-10,13,27H,5-7H2,(H2,18,28,29)(H2,19,20,21,22,24)/t9-,10+,13-/m0/s1. The number of aromatic amines is 1. The number of nitrogens with zero attached hydrogens (tertiary/aromatic N) is 6. The van der Waals surface area contributed by atoms with Gasteiger partial charge in [-0.1, -0.05) is 17.3 Å². The number of fused-ring (bicyclic) bond motifs is 2. The second-order valence-corrected chi connectivity index (χ2v) is 8.62. The highest BCUT2D eigenvalue weighted by Gasteiger charge is 2.36. The molecule has 1 saturated carbocycles. The van der Waals surface area contributed by atoms with E-state index in [1.165, 1.54) is 6.33 Å². The molecule has 0 saturated heterocycles. The van der Waals surface area contributed by atoms with Crippen LogP contribution in [0.5, 0.6) is 0 Å². The lowest BCUT2D eigenvalue weighted by Gasteiger charge is -2.12. The lowest BCUT2D eigenvalue weighted by atomic mass is 10.1. The zero-order chi connectivity index (χ0) is 21.6. The number of nitrogens with one attached hydrogen (secondary N) is 2. The van der Waals surface area contributed by atoms with E-state index in [0.717, 1.165) is 10.9 Å². The van der Waals surface area contributed by atoms with Crippen LogP contribution in [0.1, 0.15) is 18.9 Å². The van der Waals surface area contributed by atoms with Crippen molar-refractivity contribution in [3.05, 3.63) is 30.6 Å². The minimum absolute atomic E-state index is 0.197. The third-order valence-electron chi connectivity index (χ3n) is 5.39. The summed E-state index contributed by atoms with van der Waals surface area (Å²) >= 11 is 0. The van der Waals surface area contributed by atoms with Gasteiger partial charge in [-0.3, -0.25) is 9.28 Å². The van der Waals surface area contributed by atoms with E-state index >= 15 is 0 Å². The van der Waals surface area contributed by atoms with E-state index in [0.29, 0.717) is 35.6 Å². The van der Waals surface area contributed by atoms with Crippen LogP contribution in [0, 0.1) is 5.92 Å². The van der Waals surface area contributed by atoms with Gasteiger partial charge in [0, 0.05) is 11.3 Å². The molecule has 0 bridgehead atoms. The third kappa shape index (κ3) is 3.81. The van der Waals surface area contributed by atoms with E-state index in [1.54, 1.807) is 4.68 Å². The first-order valence-electron chi connectivity index (χ1n) is 9.50. The molecule has 31 heavy (non-hydrogen) atoms. The zero-order valence-electron chi connectivity index (χ0n) is 16.1. The Bertz CT molecular complexity index is 1350. The summed E-state index contributed by atoms with van der Waals surface area (Å²) in [7, 11) is -4.07. The van der Waals surface area contributed by atoms with Crippen LogP contribution in [0.2, 0.25) is 0 Å². The van der Waals surface area contributed by atoms with Crippen LogP contribution in [0.25, 0.3) is 22.1 Å². The molecule has 1 fully saturated rings. The molecular formula is C17H19N9O4S. The second-order valence-electron chi connectivity index (χ2n) is 7.40. The molecule has 1 aromatic carbocycles. The van der Waals surface area contributed by atoms with Crippen LogP contribution in [0.15, 0.2) is 30.6 Å². The molecule has 3 heterocycles. The Morgan fingerprint density at radius 2 is 2.10 bits per heavy atom. The topological polar surface area (TPSA) is 187 Å². The average molecular weight is 445 g/mol. The molecule has 3 atom stereocenters. The Morgan fingerprint density at radius 3 is 2.94 bits per heavy atom.